The standard InChI is InChI=1S/C25H23FN4O5S2/c1-35-22-12-16(6-9-19(22)26)23-18(10-14-4-7-17(8-5-14)37(27,33)34)21(11-15-2-3-15)30(29-23)25-28-20(13-36-25)24(31)32/h4-9,12-13,15H,2-3,10-11H2,1H3,(H,31,32)(H2,27,33,34). The zero-order valence-corrected chi connectivity index (χ0v) is 21.4. The fourth-order valence-electron chi connectivity index (χ4n) is 4.13. The van der Waals surface area contributed by atoms with E-state index >= 15 is 0 Å². The first kappa shape index (κ1) is 25.1. The lowest BCUT2D eigenvalue weighted by Crippen LogP contribution is -2.12. The zero-order valence-electron chi connectivity index (χ0n) is 19.7. The van der Waals surface area contributed by atoms with E-state index in [1.807, 2.05) is 0 Å². The second-order valence-corrected chi connectivity index (χ2v) is 11.3. The molecule has 1 aliphatic rings. The Kier molecular flexibility index (Phi) is 6.56. The molecule has 0 aliphatic heterocycles. The Balaban J connectivity index is 1.68. The van der Waals surface area contributed by atoms with Crippen LogP contribution in [-0.4, -0.2) is 41.4 Å². The van der Waals surface area contributed by atoms with Gasteiger partial charge in [-0.3, -0.25) is 0 Å². The first-order chi connectivity index (χ1) is 17.6. The molecule has 192 valence electrons. The van der Waals surface area contributed by atoms with Gasteiger partial charge in [0, 0.05) is 22.9 Å². The van der Waals surface area contributed by atoms with Crippen LogP contribution in [-0.2, 0) is 22.9 Å². The minimum Gasteiger partial charge on any atom is -0.494 e. The molecule has 5 rings (SSSR count). The highest BCUT2D eigenvalue weighted by atomic mass is 32.2. The second-order valence-electron chi connectivity index (χ2n) is 8.87. The molecule has 0 saturated heterocycles. The Morgan fingerprint density at radius 1 is 1.24 bits per heavy atom. The number of nitrogens with two attached hydrogens (primary N) is 1. The number of aromatic nitrogens is 3. The van der Waals surface area contributed by atoms with E-state index in [0.717, 1.165) is 29.7 Å². The first-order valence-electron chi connectivity index (χ1n) is 11.4. The summed E-state index contributed by atoms with van der Waals surface area (Å²) in [7, 11) is -2.44. The van der Waals surface area contributed by atoms with E-state index in [1.165, 1.54) is 42.0 Å². The van der Waals surface area contributed by atoms with Crippen LogP contribution in [0.4, 0.5) is 4.39 Å². The van der Waals surface area contributed by atoms with Gasteiger partial charge in [0.25, 0.3) is 0 Å². The lowest BCUT2D eigenvalue weighted by Gasteiger charge is -2.10. The molecular weight excluding hydrogens is 519 g/mol. The van der Waals surface area contributed by atoms with Gasteiger partial charge >= 0.3 is 5.97 Å². The molecule has 2 heterocycles. The first-order valence-corrected chi connectivity index (χ1v) is 13.8. The van der Waals surface area contributed by atoms with Crippen molar-refractivity contribution in [2.45, 2.75) is 30.6 Å². The van der Waals surface area contributed by atoms with Crippen molar-refractivity contribution in [3.05, 3.63) is 76.2 Å². The number of benzene rings is 2. The van der Waals surface area contributed by atoms with Crippen molar-refractivity contribution in [1.29, 1.82) is 0 Å². The molecule has 0 atom stereocenters. The number of halogens is 1. The molecule has 1 aliphatic carbocycles. The fraction of sp³-hybridized carbons (Fsp3) is 0.240. The van der Waals surface area contributed by atoms with E-state index in [4.69, 9.17) is 15.0 Å². The van der Waals surface area contributed by atoms with E-state index in [9.17, 15) is 22.7 Å². The number of primary sulfonamides is 1. The van der Waals surface area contributed by atoms with Gasteiger partial charge in [-0.1, -0.05) is 12.1 Å². The van der Waals surface area contributed by atoms with Gasteiger partial charge in [0.05, 0.1) is 23.4 Å². The van der Waals surface area contributed by atoms with Gasteiger partial charge in [-0.2, -0.15) is 5.10 Å². The predicted octanol–water partition coefficient (Wildman–Crippen LogP) is 4.03. The number of thiazole rings is 1. The lowest BCUT2D eigenvalue weighted by molar-refractivity contribution is 0.0691. The van der Waals surface area contributed by atoms with Crippen LogP contribution < -0.4 is 9.88 Å². The minimum absolute atomic E-state index is 0.0117. The number of nitrogens with zero attached hydrogens (tertiary/aromatic N) is 3. The number of hydrogen-bond acceptors (Lipinski definition) is 7. The topological polar surface area (TPSA) is 137 Å². The van der Waals surface area contributed by atoms with Gasteiger partial charge in [0.1, 0.15) is 0 Å². The van der Waals surface area contributed by atoms with Gasteiger partial charge in [-0.15, -0.1) is 11.3 Å². The van der Waals surface area contributed by atoms with Crippen molar-refractivity contribution in [2.75, 3.05) is 7.11 Å². The molecule has 4 aromatic rings. The highest BCUT2D eigenvalue weighted by Crippen LogP contribution is 2.38. The number of hydrogen-bond donors (Lipinski definition) is 2. The second kappa shape index (κ2) is 9.69. The van der Waals surface area contributed by atoms with Crippen LogP contribution in [0.5, 0.6) is 5.75 Å². The molecule has 9 nitrogen and oxygen atoms in total. The number of rotatable bonds is 9. The van der Waals surface area contributed by atoms with Crippen LogP contribution in [0, 0.1) is 11.7 Å². The molecule has 0 spiro atoms. The maximum atomic E-state index is 14.2. The molecule has 0 bridgehead atoms. The van der Waals surface area contributed by atoms with Crippen molar-refractivity contribution < 1.29 is 27.4 Å². The summed E-state index contributed by atoms with van der Waals surface area (Å²) in [6.45, 7) is 0. The van der Waals surface area contributed by atoms with Gasteiger partial charge < -0.3 is 9.84 Å². The molecule has 0 unspecified atom stereocenters. The van der Waals surface area contributed by atoms with Gasteiger partial charge in [-0.05, 0) is 61.1 Å². The highest BCUT2D eigenvalue weighted by Gasteiger charge is 2.29. The average Bonchev–Trinajstić information content (AvgIpc) is 3.42. The van der Waals surface area contributed by atoms with Crippen molar-refractivity contribution in [1.82, 2.24) is 14.8 Å². The smallest absolute Gasteiger partial charge is 0.355 e. The quantitative estimate of drug-likeness (QED) is 0.326. The third-order valence-corrected chi connectivity index (χ3v) is 7.96. The van der Waals surface area contributed by atoms with Gasteiger partial charge in [0.15, 0.2) is 17.3 Å². The molecular formula is C25H23FN4O5S2. The Morgan fingerprint density at radius 3 is 2.57 bits per heavy atom. The van der Waals surface area contributed by atoms with Crippen molar-refractivity contribution >= 4 is 27.3 Å². The maximum absolute atomic E-state index is 14.2. The monoisotopic (exact) mass is 542 g/mol. The number of aromatic carboxylic acids is 1. The molecule has 0 amide bonds. The summed E-state index contributed by atoms with van der Waals surface area (Å²) >= 11 is 1.17. The number of ether oxygens (including phenoxy) is 1. The number of carbonyl (C=O) groups is 1. The van der Waals surface area contributed by atoms with Crippen LogP contribution >= 0.6 is 11.3 Å². The molecule has 2 aromatic heterocycles. The van der Waals surface area contributed by atoms with Gasteiger partial charge in [-0.25, -0.2) is 32.4 Å². The van der Waals surface area contributed by atoms with Crippen molar-refractivity contribution in [3.8, 4) is 22.1 Å². The number of carboxylic acids is 1. The lowest BCUT2D eigenvalue weighted by atomic mass is 9.97. The fourth-order valence-corrected chi connectivity index (χ4v) is 5.42. The highest BCUT2D eigenvalue weighted by molar-refractivity contribution is 7.89. The number of sulfonamides is 1. The third-order valence-electron chi connectivity index (χ3n) is 6.22. The summed E-state index contributed by atoms with van der Waals surface area (Å²) in [6.07, 6.45) is 3.26. The summed E-state index contributed by atoms with van der Waals surface area (Å²) in [5.41, 5.74) is 3.69. The van der Waals surface area contributed by atoms with Crippen molar-refractivity contribution in [3.63, 3.8) is 0 Å². The Morgan fingerprint density at radius 2 is 1.97 bits per heavy atom. The normalized spacial score (nSPS) is 13.6. The van der Waals surface area contributed by atoms with E-state index in [2.05, 4.69) is 4.98 Å². The summed E-state index contributed by atoms with van der Waals surface area (Å²) in [6, 6.07) is 10.8. The van der Waals surface area contributed by atoms with Crippen LogP contribution in [0.15, 0.2) is 52.7 Å². The Hall–Kier alpha value is -3.61. The summed E-state index contributed by atoms with van der Waals surface area (Å²) in [4.78, 5) is 15.7. The minimum atomic E-state index is -3.83. The van der Waals surface area contributed by atoms with Crippen LogP contribution in [0.1, 0.15) is 40.2 Å². The van der Waals surface area contributed by atoms with Crippen LogP contribution in [0.25, 0.3) is 16.4 Å². The predicted molar refractivity (Wildman–Crippen MR) is 135 cm³/mol. The Labute approximate surface area is 216 Å². The molecule has 0 radical (unpaired) electrons. The van der Waals surface area contributed by atoms with Crippen LogP contribution in [0.3, 0.4) is 0 Å². The van der Waals surface area contributed by atoms with Crippen LogP contribution in [0.2, 0.25) is 0 Å². The Bertz CT molecular complexity index is 1590. The van der Waals surface area contributed by atoms with E-state index in [-0.39, 0.29) is 16.3 Å². The number of methoxy groups -OCH3 is 1. The van der Waals surface area contributed by atoms with Crippen molar-refractivity contribution in [2.24, 2.45) is 11.1 Å². The van der Waals surface area contributed by atoms with E-state index < -0.39 is 21.8 Å². The molecule has 37 heavy (non-hydrogen) atoms. The SMILES string of the molecule is COc1cc(-c2nn(-c3nc(C(=O)O)cs3)c(CC3CC3)c2Cc2ccc(S(N)(=O)=O)cc2)ccc1F. The van der Waals surface area contributed by atoms with Gasteiger partial charge in [0.2, 0.25) is 15.2 Å². The maximum Gasteiger partial charge on any atom is 0.355 e. The number of carboxylic acid groups (broad SMARTS) is 1. The molecule has 2 aromatic carbocycles. The zero-order chi connectivity index (χ0) is 26.3. The molecule has 12 heteroatoms. The van der Waals surface area contributed by atoms with E-state index in [1.54, 1.807) is 28.9 Å². The summed E-state index contributed by atoms with van der Waals surface area (Å²) < 4.78 is 44.5. The largest absolute Gasteiger partial charge is 0.494 e. The summed E-state index contributed by atoms with van der Waals surface area (Å²) in [5.74, 6) is -1.10. The average molecular weight is 543 g/mol. The van der Waals surface area contributed by atoms with E-state index in [0.29, 0.717) is 35.1 Å². The summed E-state index contributed by atoms with van der Waals surface area (Å²) in [5, 5.41) is 21.3. The third kappa shape index (κ3) is 5.26. The molecule has 1 fully saturated rings. The molecule has 1 saturated carbocycles. The molecule has 3 N–H and O–H groups in total.